The molecule has 8 heteroatoms. The first-order chi connectivity index (χ1) is 13.0. The predicted octanol–water partition coefficient (Wildman–Crippen LogP) is 3.56. The molecule has 2 heterocycles. The summed E-state index contributed by atoms with van der Waals surface area (Å²) in [6, 6.07) is 11.5. The third-order valence-electron chi connectivity index (χ3n) is 4.28. The molecule has 1 aliphatic rings. The lowest BCUT2D eigenvalue weighted by molar-refractivity contribution is 0.0990. The Hall–Kier alpha value is -3.19. The number of carbonyl (C=O) groups excluding carboxylic acids is 1. The summed E-state index contributed by atoms with van der Waals surface area (Å²) in [5.74, 6) is -0.508. The van der Waals surface area contributed by atoms with Crippen molar-refractivity contribution in [1.82, 2.24) is 9.97 Å². The van der Waals surface area contributed by atoms with Gasteiger partial charge in [0, 0.05) is 16.3 Å². The number of nitrogens with two attached hydrogens (primary N) is 1. The quantitative estimate of drug-likeness (QED) is 0.730. The Morgan fingerprint density at radius 3 is 2.67 bits per heavy atom. The van der Waals surface area contributed by atoms with E-state index in [1.165, 1.54) is 17.3 Å². The van der Waals surface area contributed by atoms with Crippen LogP contribution in [0.2, 0.25) is 5.02 Å². The zero-order chi connectivity index (χ0) is 19.0. The lowest BCUT2D eigenvalue weighted by Gasteiger charge is -2.20. The average Bonchev–Trinajstić information content (AvgIpc) is 2.82. The molecule has 0 radical (unpaired) electrons. The van der Waals surface area contributed by atoms with Gasteiger partial charge in [-0.15, -0.1) is 0 Å². The molecular weight excluding hydrogens is 371 g/mol. The maximum absolute atomic E-state index is 14.1. The molecule has 0 saturated heterocycles. The van der Waals surface area contributed by atoms with Crippen LogP contribution in [0.5, 0.6) is 5.88 Å². The number of amides is 1. The largest absolute Gasteiger partial charge is 0.475 e. The molecule has 6 nitrogen and oxygen atoms in total. The molecule has 136 valence electrons. The van der Waals surface area contributed by atoms with Gasteiger partial charge in [0.15, 0.2) is 0 Å². The highest BCUT2D eigenvalue weighted by Gasteiger charge is 2.28. The number of ether oxygens (including phenoxy) is 1. The van der Waals surface area contributed by atoms with Crippen molar-refractivity contribution >= 4 is 29.0 Å². The summed E-state index contributed by atoms with van der Waals surface area (Å²) in [4.78, 5) is 22.3. The minimum atomic E-state index is -0.409. The van der Waals surface area contributed by atoms with Crippen LogP contribution < -0.4 is 15.4 Å². The molecule has 27 heavy (non-hydrogen) atoms. The molecule has 2 N–H and O–H groups in total. The molecule has 4 rings (SSSR count). The normalized spacial score (nSPS) is 13.7. The second-order valence-electron chi connectivity index (χ2n) is 5.92. The number of nitrogens with zero attached hydrogens (tertiary/aromatic N) is 3. The van der Waals surface area contributed by atoms with Gasteiger partial charge in [0.25, 0.3) is 5.91 Å². The van der Waals surface area contributed by atoms with E-state index in [-0.39, 0.29) is 29.8 Å². The summed E-state index contributed by atoms with van der Waals surface area (Å²) < 4.78 is 19.6. The van der Waals surface area contributed by atoms with E-state index in [4.69, 9.17) is 22.1 Å². The number of hydrogen-bond donors (Lipinski definition) is 1. The Morgan fingerprint density at radius 2 is 1.93 bits per heavy atom. The number of nitrogen functional groups attached to an aromatic ring is 1. The molecule has 0 bridgehead atoms. The van der Waals surface area contributed by atoms with Crippen molar-refractivity contribution < 1.29 is 13.9 Å². The zero-order valence-corrected chi connectivity index (χ0v) is 14.8. The summed E-state index contributed by atoms with van der Waals surface area (Å²) in [5, 5.41) is 0.335. The van der Waals surface area contributed by atoms with Crippen LogP contribution in [0.15, 0.2) is 48.8 Å². The molecule has 0 aliphatic carbocycles. The van der Waals surface area contributed by atoms with E-state index in [2.05, 4.69) is 9.97 Å². The summed E-state index contributed by atoms with van der Waals surface area (Å²) in [6.07, 6.45) is 1.26. The van der Waals surface area contributed by atoms with Crippen LogP contribution in [0.4, 0.5) is 15.9 Å². The molecule has 0 spiro atoms. The van der Waals surface area contributed by atoms with Crippen LogP contribution >= 0.6 is 11.6 Å². The van der Waals surface area contributed by atoms with E-state index in [0.29, 0.717) is 28.4 Å². The second-order valence-corrected chi connectivity index (χ2v) is 6.35. The molecule has 3 aromatic rings. The monoisotopic (exact) mass is 384 g/mol. The minimum Gasteiger partial charge on any atom is -0.475 e. The van der Waals surface area contributed by atoms with Crippen molar-refractivity contribution in [3.63, 3.8) is 0 Å². The average molecular weight is 385 g/mol. The van der Waals surface area contributed by atoms with E-state index in [9.17, 15) is 9.18 Å². The summed E-state index contributed by atoms with van der Waals surface area (Å²) in [6.45, 7) is 0.589. The fraction of sp³-hybridized carbons (Fsp3) is 0.105. The number of hydrogen-bond acceptors (Lipinski definition) is 5. The summed E-state index contributed by atoms with van der Waals surface area (Å²) >= 11 is 5.80. The van der Waals surface area contributed by atoms with Crippen molar-refractivity contribution in [1.29, 1.82) is 0 Å². The van der Waals surface area contributed by atoms with E-state index >= 15 is 0 Å². The van der Waals surface area contributed by atoms with Crippen LogP contribution in [-0.4, -0.2) is 29.0 Å². The Kier molecular flexibility index (Phi) is 4.37. The van der Waals surface area contributed by atoms with Crippen molar-refractivity contribution in [2.45, 2.75) is 0 Å². The fourth-order valence-corrected chi connectivity index (χ4v) is 3.11. The Labute approximate surface area is 159 Å². The maximum atomic E-state index is 14.1. The van der Waals surface area contributed by atoms with Crippen molar-refractivity contribution in [3.05, 3.63) is 65.2 Å². The Morgan fingerprint density at radius 1 is 1.15 bits per heavy atom. The summed E-state index contributed by atoms with van der Waals surface area (Å²) in [7, 11) is 0. The first-order valence-electron chi connectivity index (χ1n) is 8.15. The molecule has 0 fully saturated rings. The van der Waals surface area contributed by atoms with Gasteiger partial charge in [-0.3, -0.25) is 4.79 Å². The number of rotatable bonds is 2. The zero-order valence-electron chi connectivity index (χ0n) is 14.0. The van der Waals surface area contributed by atoms with Gasteiger partial charge in [0.1, 0.15) is 30.1 Å². The van der Waals surface area contributed by atoms with Gasteiger partial charge in [0.05, 0.1) is 6.54 Å². The smallest absolute Gasteiger partial charge is 0.267 e. The number of carbonyl (C=O) groups is 1. The van der Waals surface area contributed by atoms with Gasteiger partial charge in [-0.25, -0.2) is 14.4 Å². The number of halogens is 2. The van der Waals surface area contributed by atoms with Gasteiger partial charge in [-0.1, -0.05) is 23.7 Å². The molecular formula is C19H14ClFN4O2. The van der Waals surface area contributed by atoms with Gasteiger partial charge < -0.3 is 15.4 Å². The topological polar surface area (TPSA) is 81.3 Å². The maximum Gasteiger partial charge on any atom is 0.267 e. The van der Waals surface area contributed by atoms with Gasteiger partial charge in [-0.2, -0.15) is 0 Å². The van der Waals surface area contributed by atoms with Gasteiger partial charge >= 0.3 is 0 Å². The Balaban J connectivity index is 1.68. The molecule has 0 unspecified atom stereocenters. The first kappa shape index (κ1) is 17.2. The molecule has 1 aromatic heterocycles. The molecule has 1 aliphatic heterocycles. The first-order valence-corrected chi connectivity index (χ1v) is 8.53. The highest BCUT2D eigenvalue weighted by Crippen LogP contribution is 2.30. The third kappa shape index (κ3) is 3.17. The lowest BCUT2D eigenvalue weighted by Crippen LogP contribution is -2.32. The van der Waals surface area contributed by atoms with Crippen molar-refractivity contribution in [3.8, 4) is 17.0 Å². The molecule has 0 atom stereocenters. The van der Waals surface area contributed by atoms with Crippen LogP contribution in [0, 0.1) is 5.82 Å². The predicted molar refractivity (Wildman–Crippen MR) is 100 cm³/mol. The fourth-order valence-electron chi connectivity index (χ4n) is 2.95. The number of benzene rings is 2. The summed E-state index contributed by atoms with van der Waals surface area (Å²) in [5.41, 5.74) is 7.72. The van der Waals surface area contributed by atoms with Crippen LogP contribution in [-0.2, 0) is 0 Å². The minimum absolute atomic E-state index is 0.0664. The second kappa shape index (κ2) is 6.85. The van der Waals surface area contributed by atoms with Crippen LogP contribution in [0.3, 0.4) is 0 Å². The van der Waals surface area contributed by atoms with Crippen molar-refractivity contribution in [2.24, 2.45) is 0 Å². The highest BCUT2D eigenvalue weighted by atomic mass is 35.5. The van der Waals surface area contributed by atoms with E-state index in [1.54, 1.807) is 36.4 Å². The van der Waals surface area contributed by atoms with Gasteiger partial charge in [-0.05, 0) is 35.9 Å². The third-order valence-corrected chi connectivity index (χ3v) is 4.51. The standard InChI is InChI=1S/C19H14ClFN4O2/c20-12-3-6-14(15(21)9-12)11-1-4-13(5-2-11)25-7-8-27-18-16(19(25)26)17(22)23-10-24-18/h1-6,9-10H,7-8H2,(H2,22,23,24). The van der Waals surface area contributed by atoms with Crippen LogP contribution in [0.25, 0.3) is 11.1 Å². The van der Waals surface area contributed by atoms with E-state index in [1.807, 2.05) is 0 Å². The molecule has 0 saturated carbocycles. The van der Waals surface area contributed by atoms with E-state index in [0.717, 1.165) is 0 Å². The number of anilines is 2. The van der Waals surface area contributed by atoms with Gasteiger partial charge in [0.2, 0.25) is 5.88 Å². The molecule has 2 aromatic carbocycles. The SMILES string of the molecule is Nc1ncnc2c1C(=O)N(c1ccc(-c3ccc(Cl)cc3F)cc1)CCO2. The number of aromatic nitrogens is 2. The van der Waals surface area contributed by atoms with E-state index < -0.39 is 5.82 Å². The lowest BCUT2D eigenvalue weighted by atomic mass is 10.0. The molecule has 1 amide bonds. The van der Waals surface area contributed by atoms with Crippen LogP contribution in [0.1, 0.15) is 10.4 Å². The number of fused-ring (bicyclic) bond motifs is 1. The highest BCUT2D eigenvalue weighted by molar-refractivity contribution is 6.30. The Bertz CT molecular complexity index is 1030. The van der Waals surface area contributed by atoms with Crippen molar-refractivity contribution in [2.75, 3.05) is 23.8 Å².